The molecule has 2 aromatic carbocycles. The largest absolute Gasteiger partial charge is 0.352 e. The van der Waals surface area contributed by atoms with Gasteiger partial charge >= 0.3 is 0 Å². The van der Waals surface area contributed by atoms with Gasteiger partial charge in [-0.1, -0.05) is 12.1 Å². The molecule has 0 aliphatic rings. The number of amides is 2. The summed E-state index contributed by atoms with van der Waals surface area (Å²) in [6.45, 7) is 0.329. The molecule has 1 heterocycles. The third-order valence-corrected chi connectivity index (χ3v) is 4.70. The van der Waals surface area contributed by atoms with Crippen molar-refractivity contribution in [2.45, 2.75) is 19.4 Å². The summed E-state index contributed by atoms with van der Waals surface area (Å²) in [5.41, 5.74) is 1.84. The Hall–Kier alpha value is -3.13. The molecule has 1 aromatic heterocycles. The van der Waals surface area contributed by atoms with E-state index in [0.717, 1.165) is 5.56 Å². The zero-order chi connectivity index (χ0) is 19.9. The van der Waals surface area contributed by atoms with Gasteiger partial charge in [0.2, 0.25) is 5.91 Å². The van der Waals surface area contributed by atoms with Crippen molar-refractivity contribution in [1.29, 1.82) is 0 Å². The summed E-state index contributed by atoms with van der Waals surface area (Å²) in [4.78, 5) is 28.3. The SMILES string of the molecule is O=C(CCc1csc(NC(=O)c2ccc(F)cc2)n1)NCc1ccc(F)cc1. The maximum absolute atomic E-state index is 12.9. The Morgan fingerprint density at radius 1 is 0.964 bits per heavy atom. The number of carbonyl (C=O) groups is 2. The van der Waals surface area contributed by atoms with Gasteiger partial charge in [-0.3, -0.25) is 14.9 Å². The maximum atomic E-state index is 12.9. The van der Waals surface area contributed by atoms with Crippen LogP contribution in [-0.2, 0) is 17.8 Å². The quantitative estimate of drug-likeness (QED) is 0.630. The van der Waals surface area contributed by atoms with Crippen LogP contribution in [0, 0.1) is 11.6 Å². The van der Waals surface area contributed by atoms with Gasteiger partial charge in [-0.25, -0.2) is 13.8 Å². The van der Waals surface area contributed by atoms with Crippen molar-refractivity contribution < 1.29 is 18.4 Å². The van der Waals surface area contributed by atoms with Gasteiger partial charge in [0.05, 0.1) is 5.69 Å². The van der Waals surface area contributed by atoms with E-state index >= 15 is 0 Å². The van der Waals surface area contributed by atoms with Gasteiger partial charge in [-0.2, -0.15) is 0 Å². The molecule has 2 amide bonds. The number of hydrogen-bond donors (Lipinski definition) is 2. The van der Waals surface area contributed by atoms with Crippen LogP contribution in [0.25, 0.3) is 0 Å². The van der Waals surface area contributed by atoms with Crippen molar-refractivity contribution >= 4 is 28.3 Å². The lowest BCUT2D eigenvalue weighted by Crippen LogP contribution is -2.23. The molecule has 0 saturated carbocycles. The van der Waals surface area contributed by atoms with Crippen LogP contribution in [-0.4, -0.2) is 16.8 Å². The van der Waals surface area contributed by atoms with Crippen LogP contribution in [0.2, 0.25) is 0 Å². The third-order valence-electron chi connectivity index (χ3n) is 3.89. The van der Waals surface area contributed by atoms with Gasteiger partial charge in [-0.15, -0.1) is 11.3 Å². The van der Waals surface area contributed by atoms with Crippen molar-refractivity contribution in [3.05, 3.63) is 82.4 Å². The normalized spacial score (nSPS) is 10.5. The third kappa shape index (κ3) is 5.68. The fraction of sp³-hybridized carbons (Fsp3) is 0.150. The van der Waals surface area contributed by atoms with E-state index in [0.29, 0.717) is 29.4 Å². The molecule has 0 unspecified atom stereocenters. The number of rotatable bonds is 7. The summed E-state index contributed by atoms with van der Waals surface area (Å²) in [6, 6.07) is 11.1. The Morgan fingerprint density at radius 3 is 2.29 bits per heavy atom. The Labute approximate surface area is 164 Å². The predicted molar refractivity (Wildman–Crippen MR) is 103 cm³/mol. The standard InChI is InChI=1S/C20H17F2N3O2S/c21-15-5-1-13(2-6-15)11-23-18(26)10-9-17-12-28-20(24-17)25-19(27)14-3-7-16(22)8-4-14/h1-8,12H,9-11H2,(H,23,26)(H,24,25,27). The number of anilines is 1. The van der Waals surface area contributed by atoms with E-state index in [2.05, 4.69) is 15.6 Å². The maximum Gasteiger partial charge on any atom is 0.257 e. The zero-order valence-electron chi connectivity index (χ0n) is 14.7. The monoisotopic (exact) mass is 401 g/mol. The van der Waals surface area contributed by atoms with Crippen molar-refractivity contribution in [2.24, 2.45) is 0 Å². The van der Waals surface area contributed by atoms with E-state index in [4.69, 9.17) is 0 Å². The van der Waals surface area contributed by atoms with Gasteiger partial charge in [0.25, 0.3) is 5.91 Å². The lowest BCUT2D eigenvalue weighted by molar-refractivity contribution is -0.121. The van der Waals surface area contributed by atoms with Crippen molar-refractivity contribution in [3.63, 3.8) is 0 Å². The first-order chi connectivity index (χ1) is 13.5. The molecular weight excluding hydrogens is 384 g/mol. The summed E-state index contributed by atoms with van der Waals surface area (Å²) in [5, 5.41) is 7.60. The van der Waals surface area contributed by atoms with Crippen LogP contribution in [0.1, 0.15) is 28.0 Å². The van der Waals surface area contributed by atoms with Gasteiger partial charge in [0.1, 0.15) is 11.6 Å². The van der Waals surface area contributed by atoms with E-state index in [9.17, 15) is 18.4 Å². The van der Waals surface area contributed by atoms with Gasteiger partial charge < -0.3 is 5.32 Å². The molecule has 0 spiro atoms. The van der Waals surface area contributed by atoms with Crippen LogP contribution in [0.4, 0.5) is 13.9 Å². The number of nitrogens with zero attached hydrogens (tertiary/aromatic N) is 1. The fourth-order valence-corrected chi connectivity index (χ4v) is 3.12. The topological polar surface area (TPSA) is 71.1 Å². The first-order valence-corrected chi connectivity index (χ1v) is 9.40. The van der Waals surface area contributed by atoms with E-state index < -0.39 is 5.82 Å². The molecule has 0 saturated heterocycles. The summed E-state index contributed by atoms with van der Waals surface area (Å²) in [5.74, 6) is -1.25. The first-order valence-electron chi connectivity index (χ1n) is 8.52. The number of hydrogen-bond acceptors (Lipinski definition) is 4. The molecule has 3 rings (SSSR count). The van der Waals surface area contributed by atoms with Crippen LogP contribution < -0.4 is 10.6 Å². The first kappa shape index (κ1) is 19.6. The number of halogens is 2. The minimum absolute atomic E-state index is 0.144. The second-order valence-corrected chi connectivity index (χ2v) is 6.87. The highest BCUT2D eigenvalue weighted by molar-refractivity contribution is 7.14. The molecule has 0 radical (unpaired) electrons. The van der Waals surface area contributed by atoms with Crippen molar-refractivity contribution in [3.8, 4) is 0 Å². The second kappa shape index (κ2) is 9.18. The van der Waals surface area contributed by atoms with Gasteiger partial charge in [-0.05, 0) is 48.4 Å². The van der Waals surface area contributed by atoms with Gasteiger partial charge in [0, 0.05) is 23.9 Å². The highest BCUT2D eigenvalue weighted by Gasteiger charge is 2.10. The highest BCUT2D eigenvalue weighted by Crippen LogP contribution is 2.18. The van der Waals surface area contributed by atoms with Gasteiger partial charge in [0.15, 0.2) is 5.13 Å². The molecule has 2 N–H and O–H groups in total. The minimum atomic E-state index is -0.411. The molecule has 28 heavy (non-hydrogen) atoms. The van der Waals surface area contributed by atoms with Crippen LogP contribution in [0.5, 0.6) is 0 Å². The molecule has 0 bridgehead atoms. The molecule has 144 valence electrons. The molecular formula is C20H17F2N3O2S. The molecule has 5 nitrogen and oxygen atoms in total. The highest BCUT2D eigenvalue weighted by atomic mass is 32.1. The van der Waals surface area contributed by atoms with Crippen LogP contribution in [0.15, 0.2) is 53.9 Å². The Bertz CT molecular complexity index is 956. The van der Waals surface area contributed by atoms with E-state index in [1.54, 1.807) is 17.5 Å². The fourth-order valence-electron chi connectivity index (χ4n) is 2.38. The number of benzene rings is 2. The second-order valence-electron chi connectivity index (χ2n) is 6.01. The lowest BCUT2D eigenvalue weighted by Gasteiger charge is -2.04. The number of nitrogens with one attached hydrogen (secondary N) is 2. The average Bonchev–Trinajstić information content (AvgIpc) is 3.13. The smallest absolute Gasteiger partial charge is 0.257 e. The number of aryl methyl sites for hydroxylation is 1. The zero-order valence-corrected chi connectivity index (χ0v) is 15.6. The number of carbonyl (C=O) groups excluding carboxylic acids is 2. The lowest BCUT2D eigenvalue weighted by atomic mass is 10.2. The molecule has 0 fully saturated rings. The van der Waals surface area contributed by atoms with E-state index in [1.807, 2.05) is 0 Å². The molecule has 0 aliphatic heterocycles. The molecule has 8 heteroatoms. The summed E-state index contributed by atoms with van der Waals surface area (Å²) in [7, 11) is 0. The number of aromatic nitrogens is 1. The minimum Gasteiger partial charge on any atom is -0.352 e. The summed E-state index contributed by atoms with van der Waals surface area (Å²) in [6.07, 6.45) is 0.675. The predicted octanol–water partition coefficient (Wildman–Crippen LogP) is 3.92. The average molecular weight is 401 g/mol. The number of thiazole rings is 1. The van der Waals surface area contributed by atoms with Crippen LogP contribution >= 0.6 is 11.3 Å². The molecule has 0 atom stereocenters. The van der Waals surface area contributed by atoms with Crippen LogP contribution in [0.3, 0.4) is 0 Å². The molecule has 3 aromatic rings. The van der Waals surface area contributed by atoms with Crippen molar-refractivity contribution in [2.75, 3.05) is 5.32 Å². The Balaban J connectivity index is 1.45. The van der Waals surface area contributed by atoms with E-state index in [1.165, 1.54) is 47.7 Å². The Kier molecular flexibility index (Phi) is 6.44. The van der Waals surface area contributed by atoms with E-state index in [-0.39, 0.29) is 24.1 Å². The van der Waals surface area contributed by atoms with Crippen molar-refractivity contribution in [1.82, 2.24) is 10.3 Å². The summed E-state index contributed by atoms with van der Waals surface area (Å²) < 4.78 is 25.8. The Morgan fingerprint density at radius 2 is 1.61 bits per heavy atom. The summed E-state index contributed by atoms with van der Waals surface area (Å²) >= 11 is 1.25. The molecule has 0 aliphatic carbocycles.